The number of nitrogens with two attached hydrogens (primary N) is 1. The van der Waals surface area contributed by atoms with Gasteiger partial charge in [-0.3, -0.25) is 4.90 Å². The van der Waals surface area contributed by atoms with E-state index in [0.717, 1.165) is 0 Å². The van der Waals surface area contributed by atoms with Gasteiger partial charge in [-0.25, -0.2) is 0 Å². The maximum absolute atomic E-state index is 6.57. The lowest BCUT2D eigenvalue weighted by molar-refractivity contribution is 0.0891. The molecule has 2 rings (SSSR count). The van der Waals surface area contributed by atoms with Crippen molar-refractivity contribution in [2.45, 2.75) is 76.3 Å². The van der Waals surface area contributed by atoms with Gasteiger partial charge in [0, 0.05) is 38.3 Å². The first-order valence-electron chi connectivity index (χ1n) is 8.95. The summed E-state index contributed by atoms with van der Waals surface area (Å²) < 4.78 is 0. The van der Waals surface area contributed by atoms with E-state index >= 15 is 0 Å². The molecule has 2 atom stereocenters. The van der Waals surface area contributed by atoms with Crippen molar-refractivity contribution in [3.63, 3.8) is 0 Å². The zero-order chi connectivity index (χ0) is 14.2. The fourth-order valence-corrected chi connectivity index (χ4v) is 3.81. The first kappa shape index (κ1) is 16.3. The summed E-state index contributed by atoms with van der Waals surface area (Å²) >= 11 is 0. The molecular formula is C17H35N3. The predicted molar refractivity (Wildman–Crippen MR) is 87.0 cm³/mol. The lowest BCUT2D eigenvalue weighted by Gasteiger charge is -2.40. The van der Waals surface area contributed by atoms with Crippen LogP contribution in [0.2, 0.25) is 0 Å². The predicted octanol–water partition coefficient (Wildman–Crippen LogP) is 2.84. The first-order chi connectivity index (χ1) is 9.77. The lowest BCUT2D eigenvalue weighted by Crippen LogP contribution is -2.54. The van der Waals surface area contributed by atoms with E-state index in [1.54, 1.807) is 0 Å². The van der Waals surface area contributed by atoms with Gasteiger partial charge in [-0.1, -0.05) is 51.4 Å². The van der Waals surface area contributed by atoms with Crippen LogP contribution in [0.15, 0.2) is 0 Å². The molecule has 2 fully saturated rings. The molecule has 2 unspecified atom stereocenters. The second-order valence-electron chi connectivity index (χ2n) is 6.98. The summed E-state index contributed by atoms with van der Waals surface area (Å²) in [7, 11) is 2.23. The van der Waals surface area contributed by atoms with Crippen molar-refractivity contribution in [3.8, 4) is 0 Å². The number of hydrogen-bond acceptors (Lipinski definition) is 3. The summed E-state index contributed by atoms with van der Waals surface area (Å²) in [4.78, 5) is 5.13. The second kappa shape index (κ2) is 9.01. The van der Waals surface area contributed by atoms with Crippen molar-refractivity contribution in [1.29, 1.82) is 0 Å². The van der Waals surface area contributed by atoms with Crippen LogP contribution in [0.25, 0.3) is 0 Å². The van der Waals surface area contributed by atoms with Crippen molar-refractivity contribution >= 4 is 0 Å². The lowest BCUT2D eigenvalue weighted by atomic mass is 9.93. The third kappa shape index (κ3) is 5.34. The van der Waals surface area contributed by atoms with Gasteiger partial charge in [-0.05, 0) is 19.9 Å². The molecule has 2 aliphatic rings. The second-order valence-corrected chi connectivity index (χ2v) is 6.98. The molecule has 2 N–H and O–H groups in total. The molecule has 0 radical (unpaired) electrons. The minimum atomic E-state index is 0.401. The molecule has 118 valence electrons. The molecule has 1 aliphatic carbocycles. The Morgan fingerprint density at radius 1 is 0.700 bits per heavy atom. The molecule has 1 heterocycles. The average molecular weight is 281 g/mol. The van der Waals surface area contributed by atoms with Gasteiger partial charge < -0.3 is 10.6 Å². The van der Waals surface area contributed by atoms with Gasteiger partial charge in [0.25, 0.3) is 0 Å². The summed E-state index contributed by atoms with van der Waals surface area (Å²) in [5.74, 6) is 0. The minimum Gasteiger partial charge on any atom is -0.326 e. The highest BCUT2D eigenvalue weighted by Crippen LogP contribution is 2.21. The van der Waals surface area contributed by atoms with Crippen molar-refractivity contribution in [3.05, 3.63) is 0 Å². The van der Waals surface area contributed by atoms with Crippen LogP contribution < -0.4 is 5.73 Å². The summed E-state index contributed by atoms with van der Waals surface area (Å²) in [6.07, 6.45) is 13.8. The Morgan fingerprint density at radius 2 is 1.20 bits per heavy atom. The van der Waals surface area contributed by atoms with Crippen LogP contribution in [0.4, 0.5) is 0 Å². The molecule has 20 heavy (non-hydrogen) atoms. The highest BCUT2D eigenvalue weighted by Gasteiger charge is 2.26. The zero-order valence-corrected chi connectivity index (χ0v) is 13.5. The van der Waals surface area contributed by atoms with Crippen LogP contribution >= 0.6 is 0 Å². The monoisotopic (exact) mass is 281 g/mol. The first-order valence-corrected chi connectivity index (χ1v) is 8.95. The van der Waals surface area contributed by atoms with E-state index in [9.17, 15) is 0 Å². The Labute approximate surface area is 125 Å². The Hall–Kier alpha value is -0.120. The van der Waals surface area contributed by atoms with Crippen LogP contribution in [-0.2, 0) is 0 Å². The highest BCUT2D eigenvalue weighted by molar-refractivity contribution is 4.85. The van der Waals surface area contributed by atoms with E-state index in [4.69, 9.17) is 5.73 Å². The van der Waals surface area contributed by atoms with Crippen LogP contribution in [0.3, 0.4) is 0 Å². The third-order valence-electron chi connectivity index (χ3n) is 5.29. The van der Waals surface area contributed by atoms with E-state index in [-0.39, 0.29) is 0 Å². The van der Waals surface area contributed by atoms with Gasteiger partial charge >= 0.3 is 0 Å². The molecule has 1 saturated heterocycles. The van der Waals surface area contributed by atoms with Crippen LogP contribution in [0.5, 0.6) is 0 Å². The van der Waals surface area contributed by atoms with E-state index in [1.807, 2.05) is 0 Å². The zero-order valence-electron chi connectivity index (χ0n) is 13.5. The normalized spacial score (nSPS) is 33.3. The van der Waals surface area contributed by atoms with Gasteiger partial charge in [0.15, 0.2) is 0 Å². The number of nitrogens with zero attached hydrogens (tertiary/aromatic N) is 2. The van der Waals surface area contributed by atoms with Gasteiger partial charge in [0.2, 0.25) is 0 Å². The molecule has 0 bridgehead atoms. The van der Waals surface area contributed by atoms with Gasteiger partial charge in [0.1, 0.15) is 0 Å². The summed E-state index contributed by atoms with van der Waals surface area (Å²) in [5, 5.41) is 0. The quantitative estimate of drug-likeness (QED) is 0.802. The van der Waals surface area contributed by atoms with Crippen molar-refractivity contribution in [2.24, 2.45) is 5.73 Å². The third-order valence-corrected chi connectivity index (χ3v) is 5.29. The van der Waals surface area contributed by atoms with E-state index < -0.39 is 0 Å². The van der Waals surface area contributed by atoms with Crippen molar-refractivity contribution in [2.75, 3.05) is 33.2 Å². The van der Waals surface area contributed by atoms with Crippen LogP contribution in [-0.4, -0.2) is 55.1 Å². The number of hydrogen-bond donors (Lipinski definition) is 1. The molecule has 0 amide bonds. The summed E-state index contributed by atoms with van der Waals surface area (Å²) in [6, 6.07) is 1.04. The Balaban J connectivity index is 1.87. The highest BCUT2D eigenvalue weighted by atomic mass is 15.3. The molecule has 0 aromatic heterocycles. The number of rotatable bonds is 1. The fraction of sp³-hybridized carbons (Fsp3) is 1.00. The SMILES string of the molecule is CN1CCN(C2CCCCCCCCCCC2N)CC1. The van der Waals surface area contributed by atoms with Crippen LogP contribution in [0, 0.1) is 0 Å². The molecule has 1 aliphatic heterocycles. The van der Waals surface area contributed by atoms with Gasteiger partial charge in [0.05, 0.1) is 0 Å². The minimum absolute atomic E-state index is 0.401. The van der Waals surface area contributed by atoms with Crippen molar-refractivity contribution in [1.82, 2.24) is 9.80 Å². The Bertz CT molecular complexity index is 249. The summed E-state index contributed by atoms with van der Waals surface area (Å²) in [5.41, 5.74) is 6.57. The van der Waals surface area contributed by atoms with Gasteiger partial charge in [-0.15, -0.1) is 0 Å². The fourth-order valence-electron chi connectivity index (χ4n) is 3.81. The maximum Gasteiger partial charge on any atom is 0.0248 e. The van der Waals surface area contributed by atoms with Gasteiger partial charge in [-0.2, -0.15) is 0 Å². The molecule has 1 saturated carbocycles. The molecule has 3 nitrogen and oxygen atoms in total. The van der Waals surface area contributed by atoms with E-state index in [2.05, 4.69) is 16.8 Å². The topological polar surface area (TPSA) is 32.5 Å². The standard InChI is InChI=1S/C17H35N3/c1-19-12-14-20(15-13-19)17-11-9-7-5-3-2-4-6-8-10-16(17)18/h16-17H,2-15,18H2,1H3. The Kier molecular flexibility index (Phi) is 7.32. The number of piperazine rings is 1. The molecule has 0 aromatic carbocycles. The van der Waals surface area contributed by atoms with Crippen LogP contribution in [0.1, 0.15) is 64.2 Å². The van der Waals surface area contributed by atoms with E-state index in [1.165, 1.54) is 90.4 Å². The Morgan fingerprint density at radius 3 is 1.80 bits per heavy atom. The maximum atomic E-state index is 6.57. The largest absolute Gasteiger partial charge is 0.326 e. The van der Waals surface area contributed by atoms with E-state index in [0.29, 0.717) is 12.1 Å². The smallest absolute Gasteiger partial charge is 0.0248 e. The van der Waals surface area contributed by atoms with Crippen molar-refractivity contribution < 1.29 is 0 Å². The average Bonchev–Trinajstić information content (AvgIpc) is 2.44. The molecule has 0 spiro atoms. The molecular weight excluding hydrogens is 246 g/mol. The molecule has 0 aromatic rings. The number of likely N-dealkylation sites (N-methyl/N-ethyl adjacent to an activating group) is 1. The molecule has 3 heteroatoms. The summed E-state index contributed by atoms with van der Waals surface area (Å²) in [6.45, 7) is 4.86.